The van der Waals surface area contributed by atoms with E-state index in [-0.39, 0.29) is 22.4 Å². The smallest absolute Gasteiger partial charge is 0.212 e. The Morgan fingerprint density at radius 1 is 1.00 bits per heavy atom. The fourth-order valence-electron chi connectivity index (χ4n) is 3.15. The Kier molecular flexibility index (Phi) is 4.39. The summed E-state index contributed by atoms with van der Waals surface area (Å²) in [5.74, 6) is -0.153. The van der Waals surface area contributed by atoms with Crippen molar-refractivity contribution in [3.63, 3.8) is 0 Å². The first kappa shape index (κ1) is 17.1. The zero-order valence-corrected chi connectivity index (χ0v) is 15.4. The van der Waals surface area contributed by atoms with Crippen molar-refractivity contribution in [1.82, 2.24) is 10.9 Å². The molecule has 2 aliphatic heterocycles. The number of nitrogens with one attached hydrogen (secondary N) is 2. The van der Waals surface area contributed by atoms with Crippen LogP contribution in [0.15, 0.2) is 63.7 Å². The maximum absolute atomic E-state index is 13.2. The van der Waals surface area contributed by atoms with E-state index in [2.05, 4.69) is 10.9 Å². The van der Waals surface area contributed by atoms with E-state index in [4.69, 9.17) is 17.3 Å². The number of hydrogen-bond donors (Lipinski definition) is 3. The molecule has 0 bridgehead atoms. The Bertz CT molecular complexity index is 930. The summed E-state index contributed by atoms with van der Waals surface area (Å²) in [7, 11) is -3.63. The molecule has 0 aromatic heterocycles. The quantitative estimate of drug-likeness (QED) is 0.743. The number of fused-ring (bicyclic) bond motifs is 1. The van der Waals surface area contributed by atoms with E-state index in [1.165, 1.54) is 11.8 Å². The summed E-state index contributed by atoms with van der Waals surface area (Å²) < 4.78 is 26.8. The standard InChI is InChI=1S/C17H16ClN3O2S2/c18-11-8-6-10(7-9-11)13-14-15(19)20-21-16(14)24-17(13)25(22,23)12-4-2-1-3-5-12/h1-9,14-16,20-21H,19H2. The summed E-state index contributed by atoms with van der Waals surface area (Å²) in [5, 5.41) is 0.472. The Morgan fingerprint density at radius 3 is 2.36 bits per heavy atom. The van der Waals surface area contributed by atoms with E-state index in [1.54, 1.807) is 42.5 Å². The second-order valence-corrected chi connectivity index (χ2v) is 9.64. The second kappa shape index (κ2) is 6.42. The Balaban J connectivity index is 1.91. The van der Waals surface area contributed by atoms with Crippen LogP contribution in [0, 0.1) is 5.92 Å². The lowest BCUT2D eigenvalue weighted by molar-refractivity contribution is 0.539. The van der Waals surface area contributed by atoms with Gasteiger partial charge >= 0.3 is 0 Å². The Hall–Kier alpha value is -1.35. The molecule has 2 aromatic rings. The zero-order valence-electron chi connectivity index (χ0n) is 13.0. The molecular weight excluding hydrogens is 378 g/mol. The normalized spacial score (nSPS) is 26.1. The van der Waals surface area contributed by atoms with Crippen LogP contribution >= 0.6 is 23.4 Å². The molecule has 0 aliphatic carbocycles. The van der Waals surface area contributed by atoms with Crippen LogP contribution < -0.4 is 16.6 Å². The zero-order chi connectivity index (χ0) is 17.6. The molecule has 25 heavy (non-hydrogen) atoms. The number of hydrazine groups is 1. The van der Waals surface area contributed by atoms with Gasteiger partial charge in [-0.05, 0) is 35.4 Å². The van der Waals surface area contributed by atoms with Gasteiger partial charge in [-0.15, -0.1) is 0 Å². The highest BCUT2D eigenvalue weighted by Crippen LogP contribution is 2.51. The maximum atomic E-state index is 13.2. The van der Waals surface area contributed by atoms with Gasteiger partial charge in [0.2, 0.25) is 9.84 Å². The van der Waals surface area contributed by atoms with Crippen molar-refractivity contribution in [3.05, 3.63) is 69.4 Å². The molecule has 0 radical (unpaired) electrons. The molecule has 130 valence electrons. The summed E-state index contributed by atoms with van der Waals surface area (Å²) in [4.78, 5) is 0.283. The van der Waals surface area contributed by atoms with Crippen molar-refractivity contribution in [2.45, 2.75) is 16.4 Å². The molecule has 0 spiro atoms. The molecule has 1 saturated heterocycles. The van der Waals surface area contributed by atoms with Crippen molar-refractivity contribution in [3.8, 4) is 0 Å². The predicted octanol–water partition coefficient (Wildman–Crippen LogP) is 2.56. The van der Waals surface area contributed by atoms with Crippen molar-refractivity contribution in [2.75, 3.05) is 0 Å². The van der Waals surface area contributed by atoms with Gasteiger partial charge in [0.05, 0.1) is 16.4 Å². The number of nitrogens with two attached hydrogens (primary N) is 1. The summed E-state index contributed by atoms with van der Waals surface area (Å²) in [6.07, 6.45) is -0.369. The van der Waals surface area contributed by atoms with Crippen molar-refractivity contribution < 1.29 is 8.42 Å². The summed E-state index contributed by atoms with van der Waals surface area (Å²) in [5.41, 5.74) is 13.8. The number of benzene rings is 2. The molecule has 1 fully saturated rings. The van der Waals surface area contributed by atoms with Crippen LogP contribution in [0.2, 0.25) is 5.02 Å². The highest BCUT2D eigenvalue weighted by molar-refractivity contribution is 8.19. The minimum absolute atomic E-state index is 0.130. The molecule has 0 saturated carbocycles. The molecular formula is C17H16ClN3O2S2. The lowest BCUT2D eigenvalue weighted by Gasteiger charge is -2.17. The highest BCUT2D eigenvalue weighted by atomic mass is 35.5. The second-order valence-electron chi connectivity index (χ2n) is 5.90. The highest BCUT2D eigenvalue weighted by Gasteiger charge is 2.47. The van der Waals surface area contributed by atoms with E-state index >= 15 is 0 Å². The summed E-state index contributed by atoms with van der Waals surface area (Å²) >= 11 is 7.29. The molecule has 2 aromatic carbocycles. The average Bonchev–Trinajstić information content (AvgIpc) is 3.17. The fourth-order valence-corrected chi connectivity index (χ4v) is 6.85. The molecule has 5 nitrogen and oxygen atoms in total. The molecule has 8 heteroatoms. The molecule has 4 N–H and O–H groups in total. The topological polar surface area (TPSA) is 84.2 Å². The first-order chi connectivity index (χ1) is 12.0. The summed E-state index contributed by atoms with van der Waals surface area (Å²) in [6.45, 7) is 0. The molecule has 0 amide bonds. The van der Waals surface area contributed by atoms with Gasteiger partial charge < -0.3 is 5.73 Å². The van der Waals surface area contributed by atoms with E-state index in [9.17, 15) is 8.42 Å². The molecule has 3 unspecified atom stereocenters. The van der Waals surface area contributed by atoms with E-state index in [1.807, 2.05) is 12.1 Å². The first-order valence-corrected chi connectivity index (χ1v) is 10.5. The predicted molar refractivity (Wildman–Crippen MR) is 101 cm³/mol. The molecule has 3 atom stereocenters. The van der Waals surface area contributed by atoms with Gasteiger partial charge in [0.25, 0.3) is 0 Å². The van der Waals surface area contributed by atoms with Crippen molar-refractivity contribution >= 4 is 38.8 Å². The van der Waals surface area contributed by atoms with Gasteiger partial charge in [-0.25, -0.2) is 19.3 Å². The monoisotopic (exact) mass is 393 g/mol. The molecule has 2 aliphatic rings. The Morgan fingerprint density at radius 2 is 1.68 bits per heavy atom. The number of thioether (sulfide) groups is 1. The van der Waals surface area contributed by atoms with Gasteiger partial charge in [0.15, 0.2) is 0 Å². The van der Waals surface area contributed by atoms with Crippen LogP contribution in [0.4, 0.5) is 0 Å². The number of rotatable bonds is 3. The third-order valence-electron chi connectivity index (χ3n) is 4.35. The van der Waals surface area contributed by atoms with E-state index in [0.29, 0.717) is 9.26 Å². The van der Waals surface area contributed by atoms with E-state index in [0.717, 1.165) is 11.1 Å². The van der Waals surface area contributed by atoms with Gasteiger partial charge in [0, 0.05) is 10.9 Å². The van der Waals surface area contributed by atoms with Gasteiger partial charge in [0.1, 0.15) is 4.24 Å². The minimum Gasteiger partial charge on any atom is -0.314 e. The van der Waals surface area contributed by atoms with Crippen molar-refractivity contribution in [1.29, 1.82) is 0 Å². The van der Waals surface area contributed by atoms with Crippen LogP contribution in [0.1, 0.15) is 5.56 Å². The van der Waals surface area contributed by atoms with Gasteiger partial charge in [-0.3, -0.25) is 0 Å². The summed E-state index contributed by atoms with van der Waals surface area (Å²) in [6, 6.07) is 15.7. The van der Waals surface area contributed by atoms with Gasteiger partial charge in [-0.2, -0.15) is 0 Å². The van der Waals surface area contributed by atoms with Gasteiger partial charge in [-0.1, -0.05) is 53.7 Å². The Labute approximate surface area is 155 Å². The molecule has 4 rings (SSSR count). The lowest BCUT2D eigenvalue weighted by atomic mass is 9.92. The van der Waals surface area contributed by atoms with Crippen LogP contribution in [0.3, 0.4) is 0 Å². The SMILES string of the molecule is NC1NNC2SC(S(=O)(=O)c3ccccc3)=C(c3ccc(Cl)cc3)C12. The van der Waals surface area contributed by atoms with Crippen LogP contribution in [-0.2, 0) is 9.84 Å². The van der Waals surface area contributed by atoms with Crippen LogP contribution in [0.5, 0.6) is 0 Å². The third-order valence-corrected chi connectivity index (χ3v) is 8.24. The fraction of sp³-hybridized carbons (Fsp3) is 0.176. The molecule has 2 heterocycles. The number of sulfone groups is 1. The van der Waals surface area contributed by atoms with Crippen LogP contribution in [-0.4, -0.2) is 20.0 Å². The number of halogens is 1. The van der Waals surface area contributed by atoms with Crippen molar-refractivity contribution in [2.24, 2.45) is 11.7 Å². The average molecular weight is 394 g/mol. The van der Waals surface area contributed by atoms with E-state index < -0.39 is 9.84 Å². The maximum Gasteiger partial charge on any atom is 0.212 e. The first-order valence-electron chi connectivity index (χ1n) is 7.72. The lowest BCUT2D eigenvalue weighted by Crippen LogP contribution is -2.39. The largest absolute Gasteiger partial charge is 0.314 e. The number of hydrogen-bond acceptors (Lipinski definition) is 6. The minimum atomic E-state index is -3.63. The van der Waals surface area contributed by atoms with Crippen LogP contribution in [0.25, 0.3) is 5.57 Å². The third kappa shape index (κ3) is 2.91.